The van der Waals surface area contributed by atoms with Crippen molar-refractivity contribution in [2.75, 3.05) is 20.2 Å². The van der Waals surface area contributed by atoms with Crippen LogP contribution < -0.4 is 4.74 Å². The van der Waals surface area contributed by atoms with Crippen molar-refractivity contribution in [1.29, 1.82) is 0 Å². The monoisotopic (exact) mass is 325 g/mol. The number of hydrogen-bond donors (Lipinski definition) is 1. The fourth-order valence-corrected chi connectivity index (χ4v) is 3.38. The van der Waals surface area contributed by atoms with Crippen molar-refractivity contribution in [3.63, 3.8) is 0 Å². The van der Waals surface area contributed by atoms with Gasteiger partial charge >= 0.3 is 0 Å². The van der Waals surface area contributed by atoms with E-state index in [1.807, 2.05) is 30.3 Å². The average Bonchev–Trinajstić information content (AvgIpc) is 3.22. The lowest BCUT2D eigenvalue weighted by molar-refractivity contribution is 0.326. The summed E-state index contributed by atoms with van der Waals surface area (Å²) in [6, 6.07) is 12.7. The zero-order valence-corrected chi connectivity index (χ0v) is 13.6. The molecule has 1 aliphatic rings. The van der Waals surface area contributed by atoms with Crippen LogP contribution in [-0.4, -0.2) is 35.1 Å². The molecule has 0 radical (unpaired) electrons. The largest absolute Gasteiger partial charge is 0.497 e. The number of ether oxygens (including phenoxy) is 1. The molecular formula is C19H20FN3O. The molecule has 2 heterocycles. The summed E-state index contributed by atoms with van der Waals surface area (Å²) in [7, 11) is 1.67. The first-order valence-electron chi connectivity index (χ1n) is 8.22. The summed E-state index contributed by atoms with van der Waals surface area (Å²) >= 11 is 0. The summed E-state index contributed by atoms with van der Waals surface area (Å²) in [4.78, 5) is 10.6. The van der Waals surface area contributed by atoms with Crippen molar-refractivity contribution >= 4 is 11.0 Å². The molecule has 1 aliphatic heterocycles. The molecule has 124 valence electrons. The van der Waals surface area contributed by atoms with Gasteiger partial charge in [-0.1, -0.05) is 12.1 Å². The number of likely N-dealkylation sites (tertiary alicyclic amines) is 1. The van der Waals surface area contributed by atoms with Crippen LogP contribution in [0.3, 0.4) is 0 Å². The number of aromatic nitrogens is 2. The summed E-state index contributed by atoms with van der Waals surface area (Å²) in [5, 5.41) is 0. The van der Waals surface area contributed by atoms with E-state index in [-0.39, 0.29) is 5.82 Å². The van der Waals surface area contributed by atoms with Crippen LogP contribution in [0.5, 0.6) is 5.75 Å². The summed E-state index contributed by atoms with van der Waals surface area (Å²) in [6.45, 7) is 2.85. The van der Waals surface area contributed by atoms with Gasteiger partial charge in [0.05, 0.1) is 18.1 Å². The molecule has 1 aromatic heterocycles. The second kappa shape index (κ2) is 6.24. The van der Waals surface area contributed by atoms with Crippen molar-refractivity contribution in [2.24, 2.45) is 0 Å². The number of imidazole rings is 1. The molecule has 1 saturated heterocycles. The normalized spacial score (nSPS) is 18.3. The Balaban J connectivity index is 1.47. The van der Waals surface area contributed by atoms with E-state index in [2.05, 4.69) is 9.88 Å². The topological polar surface area (TPSA) is 41.1 Å². The first kappa shape index (κ1) is 15.1. The van der Waals surface area contributed by atoms with Gasteiger partial charge in [0.1, 0.15) is 17.4 Å². The Labute approximate surface area is 140 Å². The Bertz CT molecular complexity index is 843. The smallest absolute Gasteiger partial charge is 0.123 e. The lowest BCUT2D eigenvalue weighted by atomic mass is 10.1. The van der Waals surface area contributed by atoms with Crippen LogP contribution in [0.15, 0.2) is 42.5 Å². The van der Waals surface area contributed by atoms with Gasteiger partial charge in [-0.2, -0.15) is 0 Å². The zero-order valence-electron chi connectivity index (χ0n) is 13.6. The number of halogens is 1. The van der Waals surface area contributed by atoms with Gasteiger partial charge in [-0.05, 0) is 42.8 Å². The van der Waals surface area contributed by atoms with E-state index in [1.165, 1.54) is 12.1 Å². The van der Waals surface area contributed by atoms with Gasteiger partial charge in [-0.3, -0.25) is 4.90 Å². The summed E-state index contributed by atoms with van der Waals surface area (Å²) in [6.07, 6.45) is 1.08. The molecule has 1 N–H and O–H groups in total. The van der Waals surface area contributed by atoms with Crippen molar-refractivity contribution in [2.45, 2.75) is 18.9 Å². The van der Waals surface area contributed by atoms with Crippen LogP contribution in [0.1, 0.15) is 23.7 Å². The molecule has 4 nitrogen and oxygen atoms in total. The Morgan fingerprint density at radius 1 is 1.25 bits per heavy atom. The number of nitrogens with one attached hydrogen (secondary N) is 1. The van der Waals surface area contributed by atoms with E-state index in [9.17, 15) is 4.39 Å². The maximum Gasteiger partial charge on any atom is 0.123 e. The fraction of sp³-hybridized carbons (Fsp3) is 0.316. The van der Waals surface area contributed by atoms with Crippen molar-refractivity contribution in [3.05, 3.63) is 59.7 Å². The minimum atomic E-state index is -0.184. The van der Waals surface area contributed by atoms with E-state index < -0.39 is 0 Å². The first-order chi connectivity index (χ1) is 11.7. The predicted octanol–water partition coefficient (Wildman–Crippen LogP) is 3.70. The van der Waals surface area contributed by atoms with Crippen molar-refractivity contribution in [1.82, 2.24) is 14.9 Å². The molecular weight excluding hydrogens is 305 g/mol. The molecule has 0 bridgehead atoms. The van der Waals surface area contributed by atoms with Crippen LogP contribution in [-0.2, 0) is 6.54 Å². The molecule has 0 spiro atoms. The molecule has 4 rings (SSSR count). The first-order valence-corrected chi connectivity index (χ1v) is 8.22. The predicted molar refractivity (Wildman–Crippen MR) is 91.7 cm³/mol. The molecule has 1 fully saturated rings. The lowest BCUT2D eigenvalue weighted by Crippen LogP contribution is -2.19. The molecule has 0 aliphatic carbocycles. The second-order valence-electron chi connectivity index (χ2n) is 6.35. The minimum absolute atomic E-state index is 0.184. The van der Waals surface area contributed by atoms with Crippen LogP contribution in [0.25, 0.3) is 11.0 Å². The van der Waals surface area contributed by atoms with Crippen LogP contribution in [0.4, 0.5) is 4.39 Å². The number of benzene rings is 2. The molecule has 5 heteroatoms. The summed E-state index contributed by atoms with van der Waals surface area (Å²) in [5.74, 6) is 2.10. The highest BCUT2D eigenvalue weighted by molar-refractivity contribution is 5.76. The van der Waals surface area contributed by atoms with Gasteiger partial charge in [0, 0.05) is 25.1 Å². The van der Waals surface area contributed by atoms with E-state index >= 15 is 0 Å². The summed E-state index contributed by atoms with van der Waals surface area (Å²) in [5.41, 5.74) is 3.13. The SMILES string of the molecule is COc1ccc2nc(C3CCN(Cc4ccc(F)cc4)C3)[nH]c2c1. The molecule has 0 amide bonds. The third-order valence-electron chi connectivity index (χ3n) is 4.69. The van der Waals surface area contributed by atoms with E-state index in [0.717, 1.165) is 54.2 Å². The molecule has 0 saturated carbocycles. The van der Waals surface area contributed by atoms with E-state index in [4.69, 9.17) is 9.72 Å². The van der Waals surface area contributed by atoms with Crippen molar-refractivity contribution < 1.29 is 9.13 Å². The lowest BCUT2D eigenvalue weighted by Gasteiger charge is -2.15. The average molecular weight is 325 g/mol. The van der Waals surface area contributed by atoms with Gasteiger partial charge in [-0.15, -0.1) is 0 Å². The van der Waals surface area contributed by atoms with Crippen LogP contribution in [0.2, 0.25) is 0 Å². The highest BCUT2D eigenvalue weighted by Gasteiger charge is 2.26. The number of nitrogens with zero attached hydrogens (tertiary/aromatic N) is 2. The molecule has 24 heavy (non-hydrogen) atoms. The Morgan fingerprint density at radius 2 is 2.08 bits per heavy atom. The number of hydrogen-bond acceptors (Lipinski definition) is 3. The van der Waals surface area contributed by atoms with Gasteiger partial charge in [0.2, 0.25) is 0 Å². The Kier molecular flexibility index (Phi) is 3.94. The number of aromatic amines is 1. The number of H-pyrrole nitrogens is 1. The quantitative estimate of drug-likeness (QED) is 0.795. The Morgan fingerprint density at radius 3 is 2.88 bits per heavy atom. The van der Waals surface area contributed by atoms with Crippen LogP contribution in [0, 0.1) is 5.82 Å². The van der Waals surface area contributed by atoms with Crippen molar-refractivity contribution in [3.8, 4) is 5.75 Å². The standard InChI is InChI=1S/C19H20FN3O/c1-24-16-6-7-17-18(10-16)22-19(21-17)14-8-9-23(12-14)11-13-2-4-15(20)5-3-13/h2-7,10,14H,8-9,11-12H2,1H3,(H,21,22). The third-order valence-corrected chi connectivity index (χ3v) is 4.69. The van der Waals surface area contributed by atoms with Gasteiger partial charge in [0.25, 0.3) is 0 Å². The highest BCUT2D eigenvalue weighted by Crippen LogP contribution is 2.29. The Hall–Kier alpha value is -2.40. The number of methoxy groups -OCH3 is 1. The zero-order chi connectivity index (χ0) is 16.5. The number of fused-ring (bicyclic) bond motifs is 1. The van der Waals surface area contributed by atoms with E-state index in [1.54, 1.807) is 7.11 Å². The summed E-state index contributed by atoms with van der Waals surface area (Å²) < 4.78 is 18.3. The second-order valence-corrected chi connectivity index (χ2v) is 6.35. The molecule has 2 aromatic carbocycles. The van der Waals surface area contributed by atoms with E-state index in [0.29, 0.717) is 5.92 Å². The molecule has 3 aromatic rings. The highest BCUT2D eigenvalue weighted by atomic mass is 19.1. The maximum absolute atomic E-state index is 13.0. The third kappa shape index (κ3) is 2.99. The van der Waals surface area contributed by atoms with Gasteiger partial charge < -0.3 is 9.72 Å². The van der Waals surface area contributed by atoms with Crippen LogP contribution >= 0.6 is 0 Å². The maximum atomic E-state index is 13.0. The fourth-order valence-electron chi connectivity index (χ4n) is 3.38. The number of rotatable bonds is 4. The minimum Gasteiger partial charge on any atom is -0.497 e. The van der Waals surface area contributed by atoms with Gasteiger partial charge in [0.15, 0.2) is 0 Å². The molecule has 1 atom stereocenters. The molecule has 1 unspecified atom stereocenters. The van der Waals surface area contributed by atoms with Gasteiger partial charge in [-0.25, -0.2) is 9.37 Å².